The minimum atomic E-state index is -0.304. The fourth-order valence-electron chi connectivity index (χ4n) is 2.82. The molecule has 1 amide bonds. The number of rotatable bonds is 5. The second-order valence-corrected chi connectivity index (χ2v) is 5.46. The standard InChI is InChI=1S/C14H20N6O2/c15-6-13-18-11(8-22-13)14(21)16-7-12-19-17-9-20(12)10-4-2-1-3-5-10/h8-10H,1-7,15H2,(H,16,21). The molecule has 0 bridgehead atoms. The van der Waals surface area contributed by atoms with Crippen molar-refractivity contribution in [3.8, 4) is 0 Å². The topological polar surface area (TPSA) is 112 Å². The second kappa shape index (κ2) is 6.69. The quantitative estimate of drug-likeness (QED) is 0.857. The third-order valence-corrected chi connectivity index (χ3v) is 3.98. The van der Waals surface area contributed by atoms with Crippen molar-refractivity contribution in [3.05, 3.63) is 30.0 Å². The summed E-state index contributed by atoms with van der Waals surface area (Å²) in [5.41, 5.74) is 5.63. The first-order valence-electron chi connectivity index (χ1n) is 7.59. The van der Waals surface area contributed by atoms with E-state index in [9.17, 15) is 4.79 Å². The van der Waals surface area contributed by atoms with E-state index in [0.29, 0.717) is 18.5 Å². The molecule has 2 aromatic rings. The minimum Gasteiger partial charge on any atom is -0.447 e. The second-order valence-electron chi connectivity index (χ2n) is 5.46. The van der Waals surface area contributed by atoms with Gasteiger partial charge in [0.25, 0.3) is 5.91 Å². The molecule has 1 fully saturated rings. The van der Waals surface area contributed by atoms with Gasteiger partial charge in [0.2, 0.25) is 5.89 Å². The van der Waals surface area contributed by atoms with Crippen molar-refractivity contribution in [2.75, 3.05) is 0 Å². The van der Waals surface area contributed by atoms with Gasteiger partial charge in [-0.2, -0.15) is 0 Å². The number of nitrogens with two attached hydrogens (primary N) is 1. The van der Waals surface area contributed by atoms with E-state index in [0.717, 1.165) is 18.7 Å². The summed E-state index contributed by atoms with van der Waals surface area (Å²) in [5, 5.41) is 10.9. The number of nitrogens with one attached hydrogen (secondary N) is 1. The molecular formula is C14H20N6O2. The normalized spacial score (nSPS) is 15.9. The van der Waals surface area contributed by atoms with E-state index in [1.807, 2.05) is 0 Å². The summed E-state index contributed by atoms with van der Waals surface area (Å²) in [4.78, 5) is 16.0. The lowest BCUT2D eigenvalue weighted by Crippen LogP contribution is -2.26. The highest BCUT2D eigenvalue weighted by atomic mass is 16.3. The molecule has 0 saturated heterocycles. The minimum absolute atomic E-state index is 0.170. The van der Waals surface area contributed by atoms with Crippen molar-refractivity contribution < 1.29 is 9.21 Å². The highest BCUT2D eigenvalue weighted by molar-refractivity contribution is 5.91. The van der Waals surface area contributed by atoms with Gasteiger partial charge in [-0.05, 0) is 12.8 Å². The van der Waals surface area contributed by atoms with Crippen LogP contribution in [0.2, 0.25) is 0 Å². The highest BCUT2D eigenvalue weighted by Gasteiger charge is 2.19. The summed E-state index contributed by atoms with van der Waals surface area (Å²) in [5.74, 6) is 0.806. The van der Waals surface area contributed by atoms with Gasteiger partial charge in [0, 0.05) is 6.04 Å². The third-order valence-electron chi connectivity index (χ3n) is 3.98. The fraction of sp³-hybridized carbons (Fsp3) is 0.571. The van der Waals surface area contributed by atoms with Crippen molar-refractivity contribution in [2.45, 2.75) is 51.2 Å². The number of aromatic nitrogens is 4. The zero-order valence-corrected chi connectivity index (χ0v) is 12.4. The Hall–Kier alpha value is -2.22. The van der Waals surface area contributed by atoms with Gasteiger partial charge in [-0.1, -0.05) is 19.3 Å². The molecule has 8 heteroatoms. The summed E-state index contributed by atoms with van der Waals surface area (Å²) in [7, 11) is 0. The lowest BCUT2D eigenvalue weighted by Gasteiger charge is -2.23. The van der Waals surface area contributed by atoms with Gasteiger partial charge in [-0.15, -0.1) is 10.2 Å². The molecule has 1 aliphatic carbocycles. The van der Waals surface area contributed by atoms with Crippen molar-refractivity contribution in [1.29, 1.82) is 0 Å². The highest BCUT2D eigenvalue weighted by Crippen LogP contribution is 2.28. The van der Waals surface area contributed by atoms with Crippen molar-refractivity contribution in [3.63, 3.8) is 0 Å². The fourth-order valence-corrected chi connectivity index (χ4v) is 2.82. The van der Waals surface area contributed by atoms with Crippen LogP contribution in [0.5, 0.6) is 0 Å². The number of amides is 1. The van der Waals surface area contributed by atoms with Crippen molar-refractivity contribution in [2.24, 2.45) is 5.73 Å². The van der Waals surface area contributed by atoms with Crippen molar-refractivity contribution in [1.82, 2.24) is 25.1 Å². The zero-order valence-electron chi connectivity index (χ0n) is 12.4. The molecule has 0 radical (unpaired) electrons. The van der Waals surface area contributed by atoms with E-state index >= 15 is 0 Å². The molecule has 3 rings (SSSR count). The summed E-state index contributed by atoms with van der Waals surface area (Å²) in [6.07, 6.45) is 9.10. The monoisotopic (exact) mass is 304 g/mol. The molecule has 1 aliphatic rings. The summed E-state index contributed by atoms with van der Waals surface area (Å²) in [6.45, 7) is 0.490. The number of oxazole rings is 1. The lowest BCUT2D eigenvalue weighted by molar-refractivity contribution is 0.0944. The number of nitrogens with zero attached hydrogens (tertiary/aromatic N) is 4. The Morgan fingerprint density at radius 3 is 2.95 bits per heavy atom. The average molecular weight is 304 g/mol. The van der Waals surface area contributed by atoms with Crippen LogP contribution in [0.25, 0.3) is 0 Å². The van der Waals surface area contributed by atoms with E-state index in [2.05, 4.69) is 25.1 Å². The van der Waals surface area contributed by atoms with Crippen LogP contribution < -0.4 is 11.1 Å². The van der Waals surface area contributed by atoms with Gasteiger partial charge in [-0.25, -0.2) is 4.98 Å². The maximum Gasteiger partial charge on any atom is 0.273 e. The van der Waals surface area contributed by atoms with Crippen LogP contribution in [-0.4, -0.2) is 25.7 Å². The maximum absolute atomic E-state index is 12.0. The Morgan fingerprint density at radius 1 is 1.41 bits per heavy atom. The van der Waals surface area contributed by atoms with E-state index in [4.69, 9.17) is 10.2 Å². The molecule has 0 atom stereocenters. The van der Waals surface area contributed by atoms with E-state index in [1.165, 1.54) is 25.5 Å². The average Bonchev–Trinajstić information content (AvgIpc) is 3.22. The summed E-state index contributed by atoms with van der Waals surface area (Å²) < 4.78 is 7.14. The van der Waals surface area contributed by atoms with Crippen LogP contribution in [0, 0.1) is 0 Å². The zero-order chi connectivity index (χ0) is 15.4. The third kappa shape index (κ3) is 3.16. The van der Waals surface area contributed by atoms with E-state index in [-0.39, 0.29) is 18.1 Å². The van der Waals surface area contributed by atoms with Gasteiger partial charge < -0.3 is 20.0 Å². The predicted octanol–water partition coefficient (Wildman–Crippen LogP) is 1.16. The Morgan fingerprint density at radius 2 is 2.23 bits per heavy atom. The van der Waals surface area contributed by atoms with E-state index < -0.39 is 0 Å². The van der Waals surface area contributed by atoms with Crippen LogP contribution in [0.3, 0.4) is 0 Å². The van der Waals surface area contributed by atoms with Crippen LogP contribution in [0.1, 0.15) is 60.3 Å². The number of hydrogen-bond donors (Lipinski definition) is 2. The largest absolute Gasteiger partial charge is 0.447 e. The number of carbonyl (C=O) groups excluding carboxylic acids is 1. The van der Waals surface area contributed by atoms with Gasteiger partial charge >= 0.3 is 0 Å². The van der Waals surface area contributed by atoms with Crippen LogP contribution in [0.4, 0.5) is 0 Å². The molecule has 0 aliphatic heterocycles. The molecule has 3 N–H and O–H groups in total. The Balaban J connectivity index is 1.61. The number of carbonyl (C=O) groups is 1. The van der Waals surface area contributed by atoms with Crippen LogP contribution >= 0.6 is 0 Å². The molecular weight excluding hydrogens is 284 g/mol. The van der Waals surface area contributed by atoms with Gasteiger partial charge in [0.05, 0.1) is 13.1 Å². The van der Waals surface area contributed by atoms with E-state index in [1.54, 1.807) is 6.33 Å². The molecule has 0 spiro atoms. The summed E-state index contributed by atoms with van der Waals surface area (Å²) in [6, 6.07) is 0.437. The summed E-state index contributed by atoms with van der Waals surface area (Å²) >= 11 is 0. The van der Waals surface area contributed by atoms with Gasteiger partial charge in [0.15, 0.2) is 11.5 Å². The SMILES string of the molecule is NCc1nc(C(=O)NCc2nncn2C2CCCCC2)co1. The predicted molar refractivity (Wildman–Crippen MR) is 77.7 cm³/mol. The molecule has 118 valence electrons. The van der Waals surface area contributed by atoms with Crippen molar-refractivity contribution >= 4 is 5.91 Å². The Kier molecular flexibility index (Phi) is 4.47. The smallest absolute Gasteiger partial charge is 0.273 e. The molecule has 8 nitrogen and oxygen atoms in total. The number of hydrogen-bond acceptors (Lipinski definition) is 6. The van der Waals surface area contributed by atoms with Gasteiger partial charge in [0.1, 0.15) is 12.6 Å². The Labute approximate surface area is 128 Å². The molecule has 1 saturated carbocycles. The van der Waals surface area contributed by atoms with Crippen LogP contribution in [0.15, 0.2) is 17.0 Å². The van der Waals surface area contributed by atoms with Crippen LogP contribution in [-0.2, 0) is 13.1 Å². The first-order valence-corrected chi connectivity index (χ1v) is 7.59. The molecule has 2 heterocycles. The molecule has 22 heavy (non-hydrogen) atoms. The van der Waals surface area contributed by atoms with Gasteiger partial charge in [-0.3, -0.25) is 4.79 Å². The Bertz CT molecular complexity index is 629. The lowest BCUT2D eigenvalue weighted by atomic mass is 9.95. The molecule has 0 aromatic carbocycles. The molecule has 0 unspecified atom stereocenters. The first kappa shape index (κ1) is 14.7. The first-order chi connectivity index (χ1) is 10.8. The molecule has 2 aromatic heterocycles. The maximum atomic E-state index is 12.0.